The largest absolute Gasteiger partial charge is 0.804 e. The van der Waals surface area contributed by atoms with Crippen LogP contribution in [-0.2, 0) is 23.2 Å². The van der Waals surface area contributed by atoms with Gasteiger partial charge in [-0.05, 0) is 59.7 Å². The second kappa shape index (κ2) is 14.2. The van der Waals surface area contributed by atoms with Gasteiger partial charge in [-0.3, -0.25) is 9.59 Å². The van der Waals surface area contributed by atoms with E-state index in [1.54, 1.807) is 88.9 Å². The maximum atomic E-state index is 12.5. The first-order valence-electron chi connectivity index (χ1n) is 10.6. The van der Waals surface area contributed by atoms with Crippen LogP contribution in [0.5, 0.6) is 0 Å². The van der Waals surface area contributed by atoms with Gasteiger partial charge in [0.05, 0.1) is 0 Å². The van der Waals surface area contributed by atoms with Crippen molar-refractivity contribution < 1.29 is 23.2 Å². The molecule has 0 aliphatic carbocycles. The summed E-state index contributed by atoms with van der Waals surface area (Å²) in [5.41, 5.74) is 2.14. The fraction of sp³-hybridized carbons (Fsp3) is 0.154. The lowest BCUT2D eigenvalue weighted by Gasteiger charge is -2.13. The summed E-state index contributed by atoms with van der Waals surface area (Å²) in [5, 5.41) is 1.11. The van der Waals surface area contributed by atoms with Crippen molar-refractivity contribution in [3.8, 4) is 0 Å². The summed E-state index contributed by atoms with van der Waals surface area (Å²) < 4.78 is 22.1. The zero-order valence-corrected chi connectivity index (χ0v) is 22.6. The summed E-state index contributed by atoms with van der Waals surface area (Å²) in [7, 11) is 4.04. The number of benzene rings is 2. The average Bonchev–Trinajstić information content (AvgIpc) is 2.84. The maximum absolute atomic E-state index is 12.5. The lowest BCUT2D eigenvalue weighted by molar-refractivity contribution is -0.123. The Hall–Kier alpha value is -3.38. The molecule has 0 N–H and O–H groups in total. The van der Waals surface area contributed by atoms with E-state index in [2.05, 4.69) is 0 Å². The molecule has 0 spiro atoms. The van der Waals surface area contributed by atoms with Gasteiger partial charge >= 0.3 is 8.25 Å². The SMILES string of the molecule is CN(C)C(=O)/C(=C\C=C\O[P+](=O)O/C=C/C=C(\C(=O)N(C)C)c1ccc(Cl)cc1)c1ccc(Cl)cc1. The second-order valence-corrected chi connectivity index (χ2v) is 9.41. The van der Waals surface area contributed by atoms with Crippen LogP contribution in [0.1, 0.15) is 11.1 Å². The van der Waals surface area contributed by atoms with Crippen LogP contribution in [0.15, 0.2) is 85.4 Å². The number of carbonyl (C=O) groups excluding carboxylic acids is 2. The number of rotatable bonds is 10. The van der Waals surface area contributed by atoms with Crippen molar-refractivity contribution in [2.45, 2.75) is 0 Å². The van der Waals surface area contributed by atoms with Crippen molar-refractivity contribution >= 4 is 54.4 Å². The fourth-order valence-corrected chi connectivity index (χ4v) is 3.43. The van der Waals surface area contributed by atoms with Gasteiger partial charge in [0.1, 0.15) is 0 Å². The molecular weight excluding hydrogens is 522 g/mol. The summed E-state index contributed by atoms with van der Waals surface area (Å²) in [6.45, 7) is 0. The number of carbonyl (C=O) groups is 2. The molecule has 0 bridgehead atoms. The Balaban J connectivity index is 2.05. The summed E-state index contributed by atoms with van der Waals surface area (Å²) in [5.74, 6) is -0.442. The van der Waals surface area contributed by atoms with Crippen molar-refractivity contribution in [3.63, 3.8) is 0 Å². The van der Waals surface area contributed by atoms with Gasteiger partial charge in [0, 0.05) is 53.9 Å². The lowest BCUT2D eigenvalue weighted by atomic mass is 10.0. The zero-order valence-electron chi connectivity index (χ0n) is 20.2. The predicted octanol–water partition coefficient (Wildman–Crippen LogP) is 6.35. The first-order valence-corrected chi connectivity index (χ1v) is 12.4. The smallest absolute Gasteiger partial charge is 0.345 e. The van der Waals surface area contributed by atoms with E-state index in [1.807, 2.05) is 0 Å². The van der Waals surface area contributed by atoms with E-state index < -0.39 is 8.25 Å². The highest BCUT2D eigenvalue weighted by molar-refractivity contribution is 7.33. The summed E-state index contributed by atoms with van der Waals surface area (Å²) >= 11 is 11.9. The highest BCUT2D eigenvalue weighted by Crippen LogP contribution is 2.26. The lowest BCUT2D eigenvalue weighted by Crippen LogP contribution is -2.22. The van der Waals surface area contributed by atoms with E-state index in [9.17, 15) is 14.2 Å². The van der Waals surface area contributed by atoms with Gasteiger partial charge < -0.3 is 9.80 Å². The van der Waals surface area contributed by atoms with Crippen LogP contribution in [0, 0.1) is 0 Å². The van der Waals surface area contributed by atoms with Gasteiger partial charge in [-0.25, -0.2) is 9.05 Å². The van der Waals surface area contributed by atoms with Gasteiger partial charge in [-0.15, -0.1) is 0 Å². The summed E-state index contributed by atoms with van der Waals surface area (Å²) in [6.07, 6.45) is 8.29. The Bertz CT molecular complexity index is 1110. The molecule has 7 nitrogen and oxygen atoms in total. The molecule has 0 unspecified atom stereocenters. The number of likely N-dealkylation sites (N-methyl/N-ethyl adjacent to an activating group) is 2. The highest BCUT2D eigenvalue weighted by Gasteiger charge is 2.18. The van der Waals surface area contributed by atoms with Gasteiger partial charge in [-0.2, -0.15) is 0 Å². The second-order valence-electron chi connectivity index (χ2n) is 7.67. The molecule has 10 heteroatoms. The molecule has 0 aliphatic heterocycles. The van der Waals surface area contributed by atoms with E-state index in [-0.39, 0.29) is 11.8 Å². The van der Waals surface area contributed by atoms with Crippen LogP contribution in [0.2, 0.25) is 10.0 Å². The normalized spacial score (nSPS) is 12.1. The molecule has 188 valence electrons. The highest BCUT2D eigenvalue weighted by atomic mass is 35.5. The molecule has 2 rings (SSSR count). The van der Waals surface area contributed by atoms with E-state index in [1.165, 1.54) is 22.0 Å². The van der Waals surface area contributed by atoms with Gasteiger partial charge in [0.25, 0.3) is 11.8 Å². The van der Waals surface area contributed by atoms with Gasteiger partial charge in [0.2, 0.25) is 0 Å². The minimum atomic E-state index is -2.52. The number of hydrogen-bond acceptors (Lipinski definition) is 5. The molecule has 36 heavy (non-hydrogen) atoms. The molecule has 0 fully saturated rings. The van der Waals surface area contributed by atoms with E-state index in [0.29, 0.717) is 32.3 Å². The number of amides is 2. The molecule has 0 saturated heterocycles. The molecule has 0 aliphatic rings. The van der Waals surface area contributed by atoms with Gasteiger partial charge in [0.15, 0.2) is 12.5 Å². The third-order valence-corrected chi connectivity index (χ3v) is 5.65. The van der Waals surface area contributed by atoms with Crippen LogP contribution in [0.4, 0.5) is 0 Å². The molecule has 2 aromatic rings. The fourth-order valence-electron chi connectivity index (χ4n) is 2.79. The molecule has 0 heterocycles. The third-order valence-electron chi connectivity index (χ3n) is 4.56. The molecule has 0 saturated carbocycles. The van der Waals surface area contributed by atoms with E-state index >= 15 is 0 Å². The number of halogens is 2. The monoisotopic (exact) mass is 547 g/mol. The van der Waals surface area contributed by atoms with Crippen molar-refractivity contribution in [2.24, 2.45) is 0 Å². The standard InChI is InChI=1S/C26H26Cl2N2O5P/c1-29(2)25(31)23(19-9-13-21(27)14-10-19)7-5-17-34-36(33)35-18-6-8-24(26(32)30(3)4)20-11-15-22(28)16-12-20/h5-18H,1-4H3/q+1/b17-5+,18-6+,23-7-,24-8-. The summed E-state index contributed by atoms with van der Waals surface area (Å²) in [4.78, 5) is 27.9. The molecule has 0 atom stereocenters. The number of hydrogen-bond donors (Lipinski definition) is 0. The first-order chi connectivity index (χ1) is 17.1. The van der Waals surface area contributed by atoms with Crippen LogP contribution in [0.25, 0.3) is 11.1 Å². The Morgan fingerprint density at radius 1 is 0.694 bits per heavy atom. The molecule has 2 aromatic carbocycles. The molecular formula is C26H26Cl2N2O5P+. The van der Waals surface area contributed by atoms with Crippen molar-refractivity contribution in [3.05, 3.63) is 107 Å². The zero-order chi connectivity index (χ0) is 26.7. The quantitative estimate of drug-likeness (QED) is 0.150. The Morgan fingerprint density at radius 3 is 1.33 bits per heavy atom. The van der Waals surface area contributed by atoms with Crippen LogP contribution < -0.4 is 0 Å². The minimum Gasteiger partial charge on any atom is -0.345 e. The van der Waals surface area contributed by atoms with E-state index in [0.717, 1.165) is 12.5 Å². The predicted molar refractivity (Wildman–Crippen MR) is 144 cm³/mol. The maximum Gasteiger partial charge on any atom is 0.804 e. The van der Waals surface area contributed by atoms with Gasteiger partial charge in [-0.1, -0.05) is 47.5 Å². The Morgan fingerprint density at radius 2 is 1.03 bits per heavy atom. The van der Waals surface area contributed by atoms with Crippen LogP contribution in [0.3, 0.4) is 0 Å². The van der Waals surface area contributed by atoms with Crippen molar-refractivity contribution in [1.82, 2.24) is 9.80 Å². The van der Waals surface area contributed by atoms with Crippen LogP contribution >= 0.6 is 31.5 Å². The third kappa shape index (κ3) is 9.00. The number of allylic oxidation sites excluding steroid dienone is 4. The topological polar surface area (TPSA) is 76.1 Å². The molecule has 0 aromatic heterocycles. The molecule has 2 amide bonds. The minimum absolute atomic E-state index is 0.221. The Labute approximate surface area is 221 Å². The first kappa shape index (κ1) is 28.9. The van der Waals surface area contributed by atoms with Crippen LogP contribution in [-0.4, -0.2) is 49.8 Å². The van der Waals surface area contributed by atoms with Crippen molar-refractivity contribution in [1.29, 1.82) is 0 Å². The van der Waals surface area contributed by atoms with E-state index in [4.69, 9.17) is 32.2 Å². The Kier molecular flexibility index (Phi) is 11.4. The number of nitrogens with zero attached hydrogens (tertiary/aromatic N) is 2. The van der Waals surface area contributed by atoms with Crippen molar-refractivity contribution in [2.75, 3.05) is 28.2 Å². The molecule has 0 radical (unpaired) electrons. The summed E-state index contributed by atoms with van der Waals surface area (Å²) in [6, 6.07) is 13.6. The average molecular weight is 548 g/mol.